The zero-order valence-corrected chi connectivity index (χ0v) is 22.4. The summed E-state index contributed by atoms with van der Waals surface area (Å²) in [5.41, 5.74) is 3.91. The molecular weight excluding hydrogens is 504 g/mol. The van der Waals surface area contributed by atoms with E-state index in [-0.39, 0.29) is 6.61 Å². The predicted molar refractivity (Wildman–Crippen MR) is 149 cm³/mol. The van der Waals surface area contributed by atoms with E-state index in [0.29, 0.717) is 24.7 Å². The number of aromatic nitrogens is 3. The first-order chi connectivity index (χ1) is 18.1. The van der Waals surface area contributed by atoms with Crippen molar-refractivity contribution in [3.8, 4) is 33.5 Å². The Kier molecular flexibility index (Phi) is 9.46. The minimum atomic E-state index is 0.157. The average molecular weight is 533 g/mol. The second kappa shape index (κ2) is 13.2. The molecule has 4 rings (SSSR count). The van der Waals surface area contributed by atoms with Gasteiger partial charge in [0.1, 0.15) is 11.8 Å². The molecule has 3 heterocycles. The number of aliphatic hydroxyl groups excluding tert-OH is 1. The number of likely N-dealkylation sites (N-methyl/N-ethyl adjacent to an activating group) is 1. The van der Waals surface area contributed by atoms with Crippen LogP contribution in [-0.2, 0) is 0 Å². The quantitative estimate of drug-likeness (QED) is 0.186. The molecule has 0 aliphatic heterocycles. The highest BCUT2D eigenvalue weighted by Crippen LogP contribution is 2.45. The first-order valence-corrected chi connectivity index (χ1v) is 13.8. The lowest BCUT2D eigenvalue weighted by atomic mass is 10.0. The first kappa shape index (κ1) is 26.6. The number of aliphatic hydroxyl groups is 1. The second-order valence-corrected chi connectivity index (χ2v) is 10.3. The van der Waals surface area contributed by atoms with Crippen molar-refractivity contribution in [2.24, 2.45) is 0 Å². The number of hydrogen-bond acceptors (Lipinski definition) is 10. The molecule has 0 saturated carbocycles. The molecule has 0 atom stereocenters. The van der Waals surface area contributed by atoms with E-state index >= 15 is 0 Å². The van der Waals surface area contributed by atoms with Crippen molar-refractivity contribution >= 4 is 34.7 Å². The third-order valence-corrected chi connectivity index (χ3v) is 7.87. The topological polar surface area (TPSA) is 107 Å². The number of thiophene rings is 1. The van der Waals surface area contributed by atoms with Gasteiger partial charge in [0.2, 0.25) is 5.95 Å². The molecule has 10 heteroatoms. The van der Waals surface area contributed by atoms with Crippen LogP contribution >= 0.6 is 23.1 Å². The van der Waals surface area contributed by atoms with E-state index < -0.39 is 0 Å². The summed E-state index contributed by atoms with van der Waals surface area (Å²) < 4.78 is 6.85. The van der Waals surface area contributed by atoms with Gasteiger partial charge in [0.05, 0.1) is 33.6 Å². The molecule has 0 aliphatic carbocycles. The number of anilines is 2. The maximum Gasteiger partial charge on any atom is 0.227 e. The van der Waals surface area contributed by atoms with Gasteiger partial charge in [0, 0.05) is 54.6 Å². The molecule has 0 bridgehead atoms. The number of hydrogen-bond donors (Lipinski definition) is 2. The lowest BCUT2D eigenvalue weighted by Gasteiger charge is -2.15. The number of nitriles is 1. The second-order valence-electron chi connectivity index (χ2n) is 8.17. The number of pyridine rings is 1. The summed E-state index contributed by atoms with van der Waals surface area (Å²) in [6, 6.07) is 15.7. The number of nitrogens with zero attached hydrogens (tertiary/aromatic N) is 5. The fourth-order valence-corrected chi connectivity index (χ4v) is 5.68. The lowest BCUT2D eigenvalue weighted by molar-refractivity contribution is 0.207. The van der Waals surface area contributed by atoms with Gasteiger partial charge >= 0.3 is 0 Å². The third kappa shape index (κ3) is 6.84. The zero-order chi connectivity index (χ0) is 26.0. The van der Waals surface area contributed by atoms with Crippen molar-refractivity contribution in [1.82, 2.24) is 19.9 Å². The van der Waals surface area contributed by atoms with Crippen LogP contribution in [0.4, 0.5) is 11.6 Å². The molecule has 0 radical (unpaired) electrons. The van der Waals surface area contributed by atoms with Gasteiger partial charge in [-0.15, -0.1) is 23.1 Å². The third-order valence-electron chi connectivity index (χ3n) is 5.54. The summed E-state index contributed by atoms with van der Waals surface area (Å²) in [7, 11) is 1.98. The fraction of sp³-hybridized carbons (Fsp3) is 0.259. The maximum absolute atomic E-state index is 9.91. The lowest BCUT2D eigenvalue weighted by Crippen LogP contribution is -2.24. The Hall–Kier alpha value is -3.49. The van der Waals surface area contributed by atoms with Crippen LogP contribution in [0, 0.1) is 11.3 Å². The summed E-state index contributed by atoms with van der Waals surface area (Å²) in [4.78, 5) is 16.4. The van der Waals surface area contributed by atoms with Gasteiger partial charge in [-0.2, -0.15) is 5.26 Å². The molecule has 0 aliphatic rings. The van der Waals surface area contributed by atoms with Crippen LogP contribution in [0.5, 0.6) is 5.75 Å². The standard InChI is InChI=1S/C27H28N6O2S2/c1-33(13-14-34)12-5-15-35-21-8-3-7-20(16-21)31-27-30-11-9-23(32-27)25-24(19-6-4-10-29-18-19)22(17-28)26(36-2)37-25/h3-4,6-11,16,18,34H,5,12-15H2,1-2H3,(H,30,31,32). The van der Waals surface area contributed by atoms with E-state index in [1.54, 1.807) is 41.7 Å². The number of ether oxygens (including phenoxy) is 1. The average Bonchev–Trinajstić information content (AvgIpc) is 3.31. The van der Waals surface area contributed by atoms with Crippen LogP contribution in [-0.4, -0.2) is 64.6 Å². The van der Waals surface area contributed by atoms with E-state index in [0.717, 1.165) is 50.3 Å². The largest absolute Gasteiger partial charge is 0.493 e. The molecule has 37 heavy (non-hydrogen) atoms. The van der Waals surface area contributed by atoms with Crippen molar-refractivity contribution in [3.63, 3.8) is 0 Å². The molecule has 0 fully saturated rings. The Morgan fingerprint density at radius 3 is 2.84 bits per heavy atom. The van der Waals surface area contributed by atoms with Crippen LogP contribution in [0.1, 0.15) is 12.0 Å². The van der Waals surface area contributed by atoms with E-state index in [9.17, 15) is 5.26 Å². The van der Waals surface area contributed by atoms with Crippen molar-refractivity contribution in [2.45, 2.75) is 10.6 Å². The number of nitrogens with one attached hydrogen (secondary N) is 1. The smallest absolute Gasteiger partial charge is 0.227 e. The Bertz CT molecular complexity index is 1360. The first-order valence-electron chi connectivity index (χ1n) is 11.8. The van der Waals surface area contributed by atoms with Crippen molar-refractivity contribution in [3.05, 3.63) is 66.6 Å². The van der Waals surface area contributed by atoms with Gasteiger partial charge in [-0.3, -0.25) is 4.98 Å². The molecule has 0 unspecified atom stereocenters. The van der Waals surface area contributed by atoms with Crippen LogP contribution in [0.3, 0.4) is 0 Å². The predicted octanol–water partition coefficient (Wildman–Crippen LogP) is 5.30. The van der Waals surface area contributed by atoms with Gasteiger partial charge in [0.15, 0.2) is 0 Å². The van der Waals surface area contributed by atoms with Gasteiger partial charge in [0.25, 0.3) is 0 Å². The van der Waals surface area contributed by atoms with Gasteiger partial charge in [-0.1, -0.05) is 12.1 Å². The number of benzene rings is 1. The highest BCUT2D eigenvalue weighted by molar-refractivity contribution is 8.00. The molecule has 190 valence electrons. The normalized spacial score (nSPS) is 10.9. The van der Waals surface area contributed by atoms with Gasteiger partial charge < -0.3 is 20.1 Å². The van der Waals surface area contributed by atoms with E-state index in [4.69, 9.17) is 14.8 Å². The summed E-state index contributed by atoms with van der Waals surface area (Å²) in [5, 5.41) is 22.2. The number of rotatable bonds is 12. The molecular formula is C27H28N6O2S2. The number of thioether (sulfide) groups is 1. The summed E-state index contributed by atoms with van der Waals surface area (Å²) in [6.45, 7) is 2.25. The maximum atomic E-state index is 9.91. The van der Waals surface area contributed by atoms with Crippen molar-refractivity contribution < 1.29 is 9.84 Å². The van der Waals surface area contributed by atoms with Crippen LogP contribution in [0.15, 0.2) is 65.3 Å². The minimum absolute atomic E-state index is 0.157. The Morgan fingerprint density at radius 2 is 2.08 bits per heavy atom. The SMILES string of the molecule is CSc1sc(-c2ccnc(Nc3cccc(OCCCN(C)CCO)c3)n2)c(-c2cccnc2)c1C#N. The van der Waals surface area contributed by atoms with Gasteiger partial charge in [-0.05, 0) is 44.0 Å². The monoisotopic (exact) mass is 532 g/mol. The summed E-state index contributed by atoms with van der Waals surface area (Å²) in [5.74, 6) is 1.21. The molecule has 1 aromatic carbocycles. The molecule has 3 aromatic heterocycles. The van der Waals surface area contributed by atoms with E-state index in [2.05, 4.69) is 26.3 Å². The zero-order valence-electron chi connectivity index (χ0n) is 20.7. The van der Waals surface area contributed by atoms with Crippen LogP contribution < -0.4 is 10.1 Å². The molecule has 0 saturated heterocycles. The Labute approximate surface area is 225 Å². The Balaban J connectivity index is 1.53. The summed E-state index contributed by atoms with van der Waals surface area (Å²) in [6.07, 6.45) is 8.04. The highest BCUT2D eigenvalue weighted by atomic mass is 32.2. The molecule has 4 aromatic rings. The summed E-state index contributed by atoms with van der Waals surface area (Å²) >= 11 is 3.10. The molecule has 2 N–H and O–H groups in total. The van der Waals surface area contributed by atoms with E-state index in [1.165, 1.54) is 0 Å². The fourth-order valence-electron chi connectivity index (χ4n) is 3.77. The van der Waals surface area contributed by atoms with Crippen molar-refractivity contribution in [2.75, 3.05) is 44.9 Å². The highest BCUT2D eigenvalue weighted by Gasteiger charge is 2.22. The molecule has 0 amide bonds. The van der Waals surface area contributed by atoms with Crippen LogP contribution in [0.25, 0.3) is 21.7 Å². The van der Waals surface area contributed by atoms with E-state index in [1.807, 2.05) is 55.8 Å². The van der Waals surface area contributed by atoms with Crippen LogP contribution in [0.2, 0.25) is 0 Å². The van der Waals surface area contributed by atoms with Gasteiger partial charge in [-0.25, -0.2) is 9.97 Å². The molecule has 0 spiro atoms. The van der Waals surface area contributed by atoms with Crippen molar-refractivity contribution in [1.29, 1.82) is 5.26 Å². The Morgan fingerprint density at radius 1 is 1.19 bits per heavy atom. The minimum Gasteiger partial charge on any atom is -0.493 e. The molecule has 8 nitrogen and oxygen atoms in total.